The predicted octanol–water partition coefficient (Wildman–Crippen LogP) is 3.21. The minimum atomic E-state index is -0.459. The molecule has 2 aromatic rings. The van der Waals surface area contributed by atoms with Gasteiger partial charge in [-0.3, -0.25) is 9.59 Å². The van der Waals surface area contributed by atoms with E-state index in [1.165, 1.54) is 23.1 Å². The smallest absolute Gasteiger partial charge is 0.254 e. The van der Waals surface area contributed by atoms with Gasteiger partial charge in [0.05, 0.1) is 6.54 Å². The molecule has 0 radical (unpaired) electrons. The van der Waals surface area contributed by atoms with E-state index < -0.39 is 5.82 Å². The fourth-order valence-corrected chi connectivity index (χ4v) is 3.16. The molecular weight excluding hydrogens is 345 g/mol. The molecule has 144 valence electrons. The Labute approximate surface area is 159 Å². The van der Waals surface area contributed by atoms with Gasteiger partial charge in [0, 0.05) is 36.6 Å². The average Bonchev–Trinajstić information content (AvgIpc) is 3.39. The highest BCUT2D eigenvalue weighted by Crippen LogP contribution is 2.29. The first-order valence-corrected chi connectivity index (χ1v) is 9.33. The molecule has 27 heavy (non-hydrogen) atoms. The van der Waals surface area contributed by atoms with Crippen LogP contribution in [0.1, 0.15) is 42.7 Å². The van der Waals surface area contributed by atoms with Crippen LogP contribution in [-0.4, -0.2) is 44.8 Å². The van der Waals surface area contributed by atoms with Crippen molar-refractivity contribution in [1.29, 1.82) is 0 Å². The monoisotopic (exact) mass is 371 g/mol. The second kappa shape index (κ2) is 7.94. The first kappa shape index (κ1) is 19.1. The maximum atomic E-state index is 13.5. The van der Waals surface area contributed by atoms with Gasteiger partial charge in [0.1, 0.15) is 12.4 Å². The van der Waals surface area contributed by atoms with Crippen molar-refractivity contribution < 1.29 is 14.0 Å². The number of nitrogens with zero attached hydrogens (tertiary/aromatic N) is 3. The fourth-order valence-electron chi connectivity index (χ4n) is 3.16. The summed E-state index contributed by atoms with van der Waals surface area (Å²) in [6.45, 7) is 4.26. The first-order valence-electron chi connectivity index (χ1n) is 9.33. The van der Waals surface area contributed by atoms with Gasteiger partial charge in [-0.15, -0.1) is 0 Å². The molecule has 1 aromatic carbocycles. The molecule has 1 heterocycles. The highest BCUT2D eigenvalue weighted by molar-refractivity contribution is 5.96. The lowest BCUT2D eigenvalue weighted by atomic mass is 10.1. The van der Waals surface area contributed by atoms with Crippen LogP contribution in [-0.2, 0) is 18.4 Å². The minimum absolute atomic E-state index is 0.00602. The summed E-state index contributed by atoms with van der Waals surface area (Å²) in [6.07, 6.45) is 3.95. The van der Waals surface area contributed by atoms with Crippen LogP contribution in [0.15, 0.2) is 42.6 Å². The molecular formula is C21H26FN3O2. The van der Waals surface area contributed by atoms with Gasteiger partial charge in [0.25, 0.3) is 5.91 Å². The number of aryl methyl sites for hydroxylation is 1. The molecule has 0 saturated heterocycles. The largest absolute Gasteiger partial charge is 0.353 e. The Hall–Kier alpha value is -2.63. The van der Waals surface area contributed by atoms with Gasteiger partial charge < -0.3 is 14.4 Å². The quantitative estimate of drug-likeness (QED) is 0.750. The van der Waals surface area contributed by atoms with Crippen LogP contribution in [0.3, 0.4) is 0 Å². The lowest BCUT2D eigenvalue weighted by Crippen LogP contribution is -2.46. The SMILES string of the molecule is CC(C)N(CC(=O)N(Cc1cccn1C)C1CC1)C(=O)c1cccc(F)c1. The van der Waals surface area contributed by atoms with E-state index in [2.05, 4.69) is 0 Å². The number of amides is 2. The minimum Gasteiger partial charge on any atom is -0.353 e. The number of carbonyl (C=O) groups is 2. The van der Waals surface area contributed by atoms with Gasteiger partial charge in [-0.2, -0.15) is 0 Å². The lowest BCUT2D eigenvalue weighted by Gasteiger charge is -2.30. The topological polar surface area (TPSA) is 45.6 Å². The third kappa shape index (κ3) is 4.56. The van der Waals surface area contributed by atoms with E-state index in [1.54, 1.807) is 6.07 Å². The molecule has 6 heteroatoms. The van der Waals surface area contributed by atoms with E-state index in [4.69, 9.17) is 0 Å². The van der Waals surface area contributed by atoms with Crippen LogP contribution in [0.4, 0.5) is 4.39 Å². The van der Waals surface area contributed by atoms with Crippen molar-refractivity contribution in [2.45, 2.75) is 45.3 Å². The van der Waals surface area contributed by atoms with Gasteiger partial charge in [0.2, 0.25) is 5.91 Å². The number of halogens is 1. The molecule has 1 fully saturated rings. The average molecular weight is 371 g/mol. The maximum Gasteiger partial charge on any atom is 0.254 e. The number of aromatic nitrogens is 1. The Kier molecular flexibility index (Phi) is 5.63. The van der Waals surface area contributed by atoms with Gasteiger partial charge in [-0.25, -0.2) is 4.39 Å². The summed E-state index contributed by atoms with van der Waals surface area (Å²) >= 11 is 0. The zero-order valence-electron chi connectivity index (χ0n) is 16.1. The van der Waals surface area contributed by atoms with Crippen molar-refractivity contribution >= 4 is 11.8 Å². The Balaban J connectivity index is 1.75. The van der Waals surface area contributed by atoms with Crippen LogP contribution < -0.4 is 0 Å². The summed E-state index contributed by atoms with van der Waals surface area (Å²) < 4.78 is 15.5. The van der Waals surface area contributed by atoms with Crippen LogP contribution >= 0.6 is 0 Å². The Bertz CT molecular complexity index is 826. The number of carbonyl (C=O) groups excluding carboxylic acids is 2. The van der Waals surface area contributed by atoms with E-state index in [0.29, 0.717) is 6.54 Å². The summed E-state index contributed by atoms with van der Waals surface area (Å²) in [7, 11) is 1.96. The van der Waals surface area contributed by atoms with E-state index in [9.17, 15) is 14.0 Å². The lowest BCUT2D eigenvalue weighted by molar-refractivity contribution is -0.133. The first-order chi connectivity index (χ1) is 12.9. The van der Waals surface area contributed by atoms with Crippen molar-refractivity contribution in [3.05, 3.63) is 59.7 Å². The van der Waals surface area contributed by atoms with Crippen molar-refractivity contribution in [3.63, 3.8) is 0 Å². The molecule has 1 saturated carbocycles. The summed E-state index contributed by atoms with van der Waals surface area (Å²) in [4.78, 5) is 29.2. The number of rotatable bonds is 7. The number of hydrogen-bond donors (Lipinski definition) is 0. The molecule has 0 atom stereocenters. The molecule has 1 aliphatic carbocycles. The molecule has 0 aliphatic heterocycles. The van der Waals surface area contributed by atoms with Crippen LogP contribution in [0.25, 0.3) is 0 Å². The van der Waals surface area contributed by atoms with Crippen LogP contribution in [0.2, 0.25) is 0 Å². The van der Waals surface area contributed by atoms with Crippen molar-refractivity contribution in [1.82, 2.24) is 14.4 Å². The second-order valence-corrected chi connectivity index (χ2v) is 7.40. The van der Waals surface area contributed by atoms with Crippen molar-refractivity contribution in [2.75, 3.05) is 6.54 Å². The molecule has 0 spiro atoms. The zero-order valence-corrected chi connectivity index (χ0v) is 16.1. The Morgan fingerprint density at radius 1 is 1.22 bits per heavy atom. The van der Waals surface area contributed by atoms with Gasteiger partial charge in [0.15, 0.2) is 0 Å². The number of benzene rings is 1. The molecule has 0 bridgehead atoms. The van der Waals surface area contributed by atoms with E-state index in [1.807, 2.05) is 48.7 Å². The van der Waals surface area contributed by atoms with Crippen LogP contribution in [0.5, 0.6) is 0 Å². The zero-order chi connectivity index (χ0) is 19.6. The summed E-state index contributed by atoms with van der Waals surface area (Å²) in [6, 6.07) is 9.63. The van der Waals surface area contributed by atoms with Crippen molar-refractivity contribution in [3.8, 4) is 0 Å². The van der Waals surface area contributed by atoms with Crippen molar-refractivity contribution in [2.24, 2.45) is 7.05 Å². The standard InChI is InChI=1S/C21H26FN3O2/c1-15(2)24(21(27)16-6-4-7-17(22)12-16)14-20(26)25(18-9-10-18)13-19-8-5-11-23(19)3/h4-8,11-12,15,18H,9-10,13-14H2,1-3H3. The fraction of sp³-hybridized carbons (Fsp3) is 0.429. The van der Waals surface area contributed by atoms with E-state index in [-0.39, 0.29) is 36.0 Å². The third-order valence-corrected chi connectivity index (χ3v) is 4.95. The molecule has 0 N–H and O–H groups in total. The van der Waals surface area contributed by atoms with Gasteiger partial charge in [-0.05, 0) is 57.0 Å². The Morgan fingerprint density at radius 3 is 2.52 bits per heavy atom. The molecule has 1 aliphatic rings. The predicted molar refractivity (Wildman–Crippen MR) is 102 cm³/mol. The molecule has 2 amide bonds. The summed E-state index contributed by atoms with van der Waals surface area (Å²) in [5.41, 5.74) is 1.32. The molecule has 0 unspecified atom stereocenters. The van der Waals surface area contributed by atoms with Crippen LogP contribution in [0, 0.1) is 5.82 Å². The highest BCUT2D eigenvalue weighted by atomic mass is 19.1. The summed E-state index contributed by atoms with van der Waals surface area (Å²) in [5, 5.41) is 0. The second-order valence-electron chi connectivity index (χ2n) is 7.40. The van der Waals surface area contributed by atoms with E-state index in [0.717, 1.165) is 18.5 Å². The molecule has 5 nitrogen and oxygen atoms in total. The summed E-state index contributed by atoms with van der Waals surface area (Å²) in [5.74, 6) is -0.858. The highest BCUT2D eigenvalue weighted by Gasteiger charge is 2.34. The normalized spacial score (nSPS) is 13.7. The molecule has 1 aromatic heterocycles. The van der Waals surface area contributed by atoms with Gasteiger partial charge >= 0.3 is 0 Å². The maximum absolute atomic E-state index is 13.5. The van der Waals surface area contributed by atoms with E-state index >= 15 is 0 Å². The number of hydrogen-bond acceptors (Lipinski definition) is 2. The third-order valence-electron chi connectivity index (χ3n) is 4.95. The molecule has 3 rings (SSSR count). The van der Waals surface area contributed by atoms with Gasteiger partial charge in [-0.1, -0.05) is 6.07 Å². The Morgan fingerprint density at radius 2 is 1.96 bits per heavy atom.